The minimum absolute atomic E-state index is 0. The molecule has 0 amide bonds. The number of aryl methyl sites for hydroxylation is 1. The van der Waals surface area contributed by atoms with Gasteiger partial charge < -0.3 is 9.47 Å². The number of H-pyrrole nitrogens is 1. The zero-order valence-electron chi connectivity index (χ0n) is 19.3. The van der Waals surface area contributed by atoms with Crippen molar-refractivity contribution < 1.29 is 28.6 Å². The highest BCUT2D eigenvalue weighted by Gasteiger charge is 2.30. The molecule has 36 heavy (non-hydrogen) atoms. The molecule has 12 heteroatoms. The van der Waals surface area contributed by atoms with E-state index in [-0.39, 0.29) is 13.9 Å². The summed E-state index contributed by atoms with van der Waals surface area (Å²) in [6.07, 6.45) is -0.700. The van der Waals surface area contributed by atoms with Crippen molar-refractivity contribution in [3.63, 3.8) is 0 Å². The Bertz CT molecular complexity index is 1370. The van der Waals surface area contributed by atoms with Crippen LogP contribution >= 0.6 is 23.1 Å². The fraction of sp³-hybridized carbons (Fsp3) is 0.292. The van der Waals surface area contributed by atoms with Crippen LogP contribution in [0, 0.1) is 0 Å². The van der Waals surface area contributed by atoms with Crippen LogP contribution in [0.1, 0.15) is 24.0 Å². The third-order valence-electron chi connectivity index (χ3n) is 5.24. The number of methoxy groups -OCH3 is 1. The first-order valence-corrected chi connectivity index (χ1v) is 13.0. The summed E-state index contributed by atoms with van der Waals surface area (Å²) >= 11 is 3.14. The molecule has 0 radical (unpaired) electrons. The average molecular weight is 540 g/mol. The number of thiazole rings is 1. The standard InChI is InChI=1S/C24H22F3N3O4S2.H2/c1-32-19-12-16(9-10-17(19)21-29-23(31)34-30-21)33-13-20-18(4-3-11-35-2)28-22(36-20)14-5-7-15(8-6-14)24(25,26)27;/h5-10,12H,3-4,11,13H2,1-2H3,(H,29,30,31);1H. The second-order valence-corrected chi connectivity index (χ2v) is 9.72. The zero-order valence-corrected chi connectivity index (χ0v) is 21.0. The molecule has 0 aliphatic heterocycles. The Morgan fingerprint density at radius 1 is 1.19 bits per heavy atom. The molecule has 4 aromatic rings. The Kier molecular flexibility index (Phi) is 8.04. The van der Waals surface area contributed by atoms with Crippen LogP contribution in [0.2, 0.25) is 0 Å². The summed E-state index contributed by atoms with van der Waals surface area (Å²) < 4.78 is 54.8. The fourth-order valence-corrected chi connectivity index (χ4v) is 4.91. The highest BCUT2D eigenvalue weighted by Crippen LogP contribution is 2.35. The molecule has 0 spiro atoms. The molecule has 0 saturated heterocycles. The number of nitrogens with zero attached hydrogens (tertiary/aromatic N) is 2. The van der Waals surface area contributed by atoms with Gasteiger partial charge >= 0.3 is 11.9 Å². The van der Waals surface area contributed by atoms with Crippen LogP contribution in [0.3, 0.4) is 0 Å². The second kappa shape index (κ2) is 11.2. The largest absolute Gasteiger partial charge is 0.496 e. The van der Waals surface area contributed by atoms with Gasteiger partial charge in [0, 0.05) is 13.1 Å². The van der Waals surface area contributed by atoms with Gasteiger partial charge in [-0.15, -0.1) is 11.3 Å². The molecule has 0 saturated carbocycles. The number of thioether (sulfide) groups is 1. The van der Waals surface area contributed by atoms with E-state index in [9.17, 15) is 18.0 Å². The van der Waals surface area contributed by atoms with Gasteiger partial charge in [-0.05, 0) is 49.1 Å². The van der Waals surface area contributed by atoms with E-state index in [2.05, 4.69) is 14.7 Å². The summed E-state index contributed by atoms with van der Waals surface area (Å²) in [5.41, 5.74) is 1.33. The quantitative estimate of drug-likeness (QED) is 0.237. The predicted molar refractivity (Wildman–Crippen MR) is 135 cm³/mol. The van der Waals surface area contributed by atoms with Crippen molar-refractivity contribution in [3.8, 4) is 33.5 Å². The van der Waals surface area contributed by atoms with Crippen molar-refractivity contribution in [1.29, 1.82) is 0 Å². The Morgan fingerprint density at radius 3 is 2.61 bits per heavy atom. The van der Waals surface area contributed by atoms with E-state index in [1.165, 1.54) is 30.6 Å². The van der Waals surface area contributed by atoms with Crippen LogP contribution in [0.15, 0.2) is 51.8 Å². The molecule has 2 aromatic heterocycles. The van der Waals surface area contributed by atoms with Gasteiger partial charge in [0.15, 0.2) is 5.82 Å². The molecule has 2 heterocycles. The van der Waals surface area contributed by atoms with E-state index in [1.807, 2.05) is 6.26 Å². The summed E-state index contributed by atoms with van der Waals surface area (Å²) in [6, 6.07) is 10.1. The summed E-state index contributed by atoms with van der Waals surface area (Å²) in [5, 5.41) is 4.32. The lowest BCUT2D eigenvalue weighted by molar-refractivity contribution is -0.137. The zero-order chi connectivity index (χ0) is 25.7. The van der Waals surface area contributed by atoms with Crippen LogP contribution < -0.4 is 15.2 Å². The van der Waals surface area contributed by atoms with E-state index in [0.29, 0.717) is 27.6 Å². The summed E-state index contributed by atoms with van der Waals surface area (Å²) in [4.78, 5) is 19.4. The van der Waals surface area contributed by atoms with Crippen molar-refractivity contribution in [3.05, 3.63) is 69.1 Å². The molecule has 0 unspecified atom stereocenters. The Morgan fingerprint density at radius 2 is 1.97 bits per heavy atom. The molecule has 0 fully saturated rings. The molecule has 0 aliphatic carbocycles. The van der Waals surface area contributed by atoms with Gasteiger partial charge in [0.2, 0.25) is 0 Å². The minimum Gasteiger partial charge on any atom is -0.496 e. The van der Waals surface area contributed by atoms with Gasteiger partial charge in [-0.3, -0.25) is 9.51 Å². The molecule has 4 rings (SSSR count). The van der Waals surface area contributed by atoms with Gasteiger partial charge in [-0.1, -0.05) is 17.3 Å². The summed E-state index contributed by atoms with van der Waals surface area (Å²) in [6.45, 7) is 0.232. The molecule has 192 valence electrons. The van der Waals surface area contributed by atoms with E-state index in [1.54, 1.807) is 30.0 Å². The highest BCUT2D eigenvalue weighted by atomic mass is 32.2. The predicted octanol–water partition coefficient (Wildman–Crippen LogP) is 6.30. The van der Waals surface area contributed by atoms with Crippen molar-refractivity contribution in [2.24, 2.45) is 0 Å². The number of hydrogen-bond acceptors (Lipinski definition) is 8. The number of aromatic nitrogens is 3. The molecule has 7 nitrogen and oxygen atoms in total. The maximum absolute atomic E-state index is 12.9. The molecule has 0 aliphatic rings. The monoisotopic (exact) mass is 539 g/mol. The van der Waals surface area contributed by atoms with Gasteiger partial charge in [0.25, 0.3) is 0 Å². The highest BCUT2D eigenvalue weighted by molar-refractivity contribution is 7.98. The lowest BCUT2D eigenvalue weighted by Crippen LogP contribution is -2.03. The number of rotatable bonds is 10. The lowest BCUT2D eigenvalue weighted by Gasteiger charge is -2.10. The smallest absolute Gasteiger partial charge is 0.439 e. The first kappa shape index (κ1) is 25.8. The molecule has 1 N–H and O–H groups in total. The van der Waals surface area contributed by atoms with Crippen LogP contribution in [-0.2, 0) is 19.2 Å². The van der Waals surface area contributed by atoms with Crippen molar-refractivity contribution in [1.82, 2.24) is 15.1 Å². The van der Waals surface area contributed by atoms with E-state index < -0.39 is 17.5 Å². The molecule has 2 aromatic carbocycles. The third-order valence-corrected chi connectivity index (χ3v) is 7.05. The number of hydrogen-bond donors (Lipinski definition) is 1. The van der Waals surface area contributed by atoms with Gasteiger partial charge in [0.1, 0.15) is 23.1 Å². The molecule has 0 bridgehead atoms. The number of aromatic amines is 1. The normalized spacial score (nSPS) is 11.6. The number of alkyl halides is 3. The maximum atomic E-state index is 12.9. The van der Waals surface area contributed by atoms with Gasteiger partial charge in [-0.2, -0.15) is 24.9 Å². The number of ether oxygens (including phenoxy) is 2. The van der Waals surface area contributed by atoms with Gasteiger partial charge in [-0.25, -0.2) is 9.78 Å². The van der Waals surface area contributed by atoms with E-state index in [4.69, 9.17) is 14.5 Å². The van der Waals surface area contributed by atoms with E-state index >= 15 is 0 Å². The first-order valence-electron chi connectivity index (χ1n) is 10.8. The first-order chi connectivity index (χ1) is 17.3. The van der Waals surface area contributed by atoms with Gasteiger partial charge in [0.05, 0.1) is 28.8 Å². The second-order valence-electron chi connectivity index (χ2n) is 7.65. The summed E-state index contributed by atoms with van der Waals surface area (Å²) in [7, 11) is 1.49. The molecule has 0 atom stereocenters. The molecular formula is C24H24F3N3O4S2. The Hall–Kier alpha value is -3.25. The van der Waals surface area contributed by atoms with E-state index in [0.717, 1.165) is 41.3 Å². The number of nitrogens with one attached hydrogen (secondary N) is 1. The fourth-order valence-electron chi connectivity index (χ4n) is 3.45. The SMILES string of the molecule is COc1cc(OCc2sc(-c3ccc(C(F)(F)F)cc3)nc2CCCSC)ccc1-c1noc(=O)[nH]1.[HH]. The average Bonchev–Trinajstić information content (AvgIpc) is 3.48. The lowest BCUT2D eigenvalue weighted by atomic mass is 10.1. The van der Waals surface area contributed by atoms with Crippen LogP contribution in [0.5, 0.6) is 11.5 Å². The number of halogens is 3. The summed E-state index contributed by atoms with van der Waals surface area (Å²) in [5.74, 6) is 1.50. The minimum atomic E-state index is -4.39. The third kappa shape index (κ3) is 6.11. The van der Waals surface area contributed by atoms with Crippen molar-refractivity contribution in [2.45, 2.75) is 25.6 Å². The Labute approximate surface area is 214 Å². The molecular weight excluding hydrogens is 515 g/mol. The van der Waals surface area contributed by atoms with Crippen molar-refractivity contribution in [2.75, 3.05) is 19.1 Å². The number of benzene rings is 2. The topological polar surface area (TPSA) is 90.2 Å². The van der Waals surface area contributed by atoms with Crippen molar-refractivity contribution >= 4 is 23.1 Å². The van der Waals surface area contributed by atoms with Crippen LogP contribution in [0.4, 0.5) is 13.2 Å². The van der Waals surface area contributed by atoms with Crippen LogP contribution in [-0.4, -0.2) is 34.2 Å². The Balaban J connectivity index is 0.00000380. The van der Waals surface area contributed by atoms with Crippen LogP contribution in [0.25, 0.3) is 22.0 Å². The maximum Gasteiger partial charge on any atom is 0.439 e.